The molecule has 154 valence electrons. The van der Waals surface area contributed by atoms with Crippen LogP contribution in [0.3, 0.4) is 0 Å². The molecule has 0 bridgehead atoms. The summed E-state index contributed by atoms with van der Waals surface area (Å²) in [6.45, 7) is 11.1. The first-order valence-electron chi connectivity index (χ1n) is 9.75. The average Bonchev–Trinajstić information content (AvgIpc) is 2.54. The van der Waals surface area contributed by atoms with Gasteiger partial charge in [0.1, 0.15) is 0 Å². The summed E-state index contributed by atoms with van der Waals surface area (Å²) in [4.78, 5) is 25.6. The van der Waals surface area contributed by atoms with Crippen molar-refractivity contribution < 1.29 is 19.1 Å². The number of hydrogen-bond acceptors (Lipinski definition) is 6. The Labute approximate surface area is 158 Å². The second kappa shape index (κ2) is 13.6. The molecule has 2 amide bonds. The molecule has 0 aromatic rings. The van der Waals surface area contributed by atoms with Crippen LogP contribution < -0.4 is 16.4 Å². The molecule has 8 heteroatoms. The molecule has 2 atom stereocenters. The molecule has 0 spiro atoms. The average molecular weight is 375 g/mol. The van der Waals surface area contributed by atoms with E-state index in [0.29, 0.717) is 19.6 Å². The summed E-state index contributed by atoms with van der Waals surface area (Å²) in [7, 11) is 0. The smallest absolute Gasteiger partial charge is 0.409 e. The molecule has 0 aromatic carbocycles. The topological polar surface area (TPSA) is 106 Å². The zero-order chi connectivity index (χ0) is 20.0. The molecule has 0 saturated heterocycles. The molecule has 0 aromatic heterocycles. The van der Waals surface area contributed by atoms with Gasteiger partial charge in [-0.25, -0.2) is 14.5 Å². The molecule has 2 unspecified atom stereocenters. The third-order valence-corrected chi connectivity index (χ3v) is 3.94. The number of carbonyl (C=O) groups is 2. The number of hydrogen-bond donors (Lipinski definition) is 3. The Hall–Kier alpha value is -1.54. The lowest BCUT2D eigenvalue weighted by Gasteiger charge is -2.40. The molecule has 8 nitrogen and oxygen atoms in total. The van der Waals surface area contributed by atoms with Crippen LogP contribution in [-0.2, 0) is 9.47 Å². The normalized spacial score (nSPS) is 14.4. The van der Waals surface area contributed by atoms with Gasteiger partial charge in [0.2, 0.25) is 5.85 Å². The lowest BCUT2D eigenvalue weighted by atomic mass is 10.2. The molecule has 0 radical (unpaired) electrons. The maximum absolute atomic E-state index is 12.0. The molecule has 0 aliphatic carbocycles. The third kappa shape index (κ3) is 10.5. The van der Waals surface area contributed by atoms with Gasteiger partial charge in [0.25, 0.3) is 0 Å². The predicted molar refractivity (Wildman–Crippen MR) is 102 cm³/mol. The van der Waals surface area contributed by atoms with E-state index in [0.717, 1.165) is 38.5 Å². The van der Waals surface area contributed by atoms with Crippen molar-refractivity contribution in [3.8, 4) is 0 Å². The highest BCUT2D eigenvalue weighted by molar-refractivity contribution is 5.68. The van der Waals surface area contributed by atoms with Gasteiger partial charge in [0.15, 0.2) is 6.23 Å². The van der Waals surface area contributed by atoms with Gasteiger partial charge in [0.05, 0.1) is 0 Å². The van der Waals surface area contributed by atoms with Crippen LogP contribution in [-0.4, -0.2) is 48.8 Å². The molecular weight excluding hydrogens is 336 g/mol. The Balaban J connectivity index is 4.79. The Bertz CT molecular complexity index is 405. The van der Waals surface area contributed by atoms with Crippen molar-refractivity contribution in [1.29, 1.82) is 0 Å². The SMILES string of the molecule is CCCCNC(=O)OC(C)N(CCCC)C(C)(N)OC(=O)NCCCC. The molecule has 0 heterocycles. The monoisotopic (exact) mass is 374 g/mol. The molecule has 0 fully saturated rings. The zero-order valence-corrected chi connectivity index (χ0v) is 17.1. The Morgan fingerprint density at radius 3 is 2.00 bits per heavy atom. The van der Waals surface area contributed by atoms with Crippen LogP contribution in [0, 0.1) is 0 Å². The largest absolute Gasteiger partial charge is 0.430 e. The molecule has 4 N–H and O–H groups in total. The number of carbonyl (C=O) groups excluding carboxylic acids is 2. The molecule has 0 rings (SSSR count). The minimum Gasteiger partial charge on any atom is -0.430 e. The first-order valence-corrected chi connectivity index (χ1v) is 9.75. The van der Waals surface area contributed by atoms with Gasteiger partial charge in [-0.15, -0.1) is 0 Å². The summed E-state index contributed by atoms with van der Waals surface area (Å²) in [5.74, 6) is -1.39. The lowest BCUT2D eigenvalue weighted by Crippen LogP contribution is -2.61. The van der Waals surface area contributed by atoms with E-state index in [1.54, 1.807) is 18.7 Å². The number of amides is 2. The van der Waals surface area contributed by atoms with E-state index in [-0.39, 0.29) is 0 Å². The summed E-state index contributed by atoms with van der Waals surface area (Å²) in [5, 5.41) is 5.38. The summed E-state index contributed by atoms with van der Waals surface area (Å²) in [6.07, 6.45) is 3.76. The van der Waals surface area contributed by atoms with Crippen molar-refractivity contribution in [3.05, 3.63) is 0 Å². The van der Waals surface area contributed by atoms with Gasteiger partial charge >= 0.3 is 12.2 Å². The first kappa shape index (κ1) is 24.5. The number of nitrogens with two attached hydrogens (primary N) is 1. The lowest BCUT2D eigenvalue weighted by molar-refractivity contribution is -0.159. The Morgan fingerprint density at radius 1 is 1.00 bits per heavy atom. The summed E-state index contributed by atoms with van der Waals surface area (Å²) >= 11 is 0. The third-order valence-electron chi connectivity index (χ3n) is 3.94. The summed E-state index contributed by atoms with van der Waals surface area (Å²) in [5.41, 5.74) is 6.24. The Kier molecular flexibility index (Phi) is 12.8. The fourth-order valence-electron chi connectivity index (χ4n) is 2.37. The second-order valence-electron chi connectivity index (χ2n) is 6.56. The van der Waals surface area contributed by atoms with Crippen molar-refractivity contribution in [2.75, 3.05) is 19.6 Å². The van der Waals surface area contributed by atoms with Crippen LogP contribution in [0.5, 0.6) is 0 Å². The van der Waals surface area contributed by atoms with E-state index >= 15 is 0 Å². The number of nitrogens with one attached hydrogen (secondary N) is 2. The van der Waals surface area contributed by atoms with Crippen LogP contribution >= 0.6 is 0 Å². The number of alkyl carbamates (subject to hydrolysis) is 2. The fraction of sp³-hybridized carbons (Fsp3) is 0.889. The Morgan fingerprint density at radius 2 is 1.50 bits per heavy atom. The quantitative estimate of drug-likeness (QED) is 0.338. The van der Waals surface area contributed by atoms with E-state index in [1.165, 1.54) is 0 Å². The molecule has 0 saturated carbocycles. The van der Waals surface area contributed by atoms with E-state index in [4.69, 9.17) is 15.2 Å². The highest BCUT2D eigenvalue weighted by atomic mass is 16.6. The zero-order valence-electron chi connectivity index (χ0n) is 17.1. The van der Waals surface area contributed by atoms with Gasteiger partial charge in [0, 0.05) is 26.6 Å². The van der Waals surface area contributed by atoms with Crippen LogP contribution in [0.1, 0.15) is 73.1 Å². The van der Waals surface area contributed by atoms with E-state index in [2.05, 4.69) is 10.6 Å². The molecule has 26 heavy (non-hydrogen) atoms. The van der Waals surface area contributed by atoms with Crippen LogP contribution in [0.2, 0.25) is 0 Å². The first-order chi connectivity index (χ1) is 12.3. The molecular formula is C18H38N4O4. The van der Waals surface area contributed by atoms with E-state index < -0.39 is 24.3 Å². The van der Waals surface area contributed by atoms with Gasteiger partial charge < -0.3 is 20.1 Å². The number of unbranched alkanes of at least 4 members (excludes halogenated alkanes) is 3. The van der Waals surface area contributed by atoms with Crippen molar-refractivity contribution in [1.82, 2.24) is 15.5 Å². The van der Waals surface area contributed by atoms with Gasteiger partial charge in [-0.05, 0) is 26.2 Å². The van der Waals surface area contributed by atoms with Crippen molar-refractivity contribution in [2.45, 2.75) is 85.2 Å². The highest BCUT2D eigenvalue weighted by Crippen LogP contribution is 2.17. The molecule has 0 aliphatic heterocycles. The fourth-order valence-corrected chi connectivity index (χ4v) is 2.37. The highest BCUT2D eigenvalue weighted by Gasteiger charge is 2.36. The molecule has 0 aliphatic rings. The van der Waals surface area contributed by atoms with Crippen molar-refractivity contribution >= 4 is 12.2 Å². The van der Waals surface area contributed by atoms with Gasteiger partial charge in [-0.2, -0.15) is 0 Å². The van der Waals surface area contributed by atoms with Gasteiger partial charge in [-0.1, -0.05) is 40.0 Å². The van der Waals surface area contributed by atoms with Crippen molar-refractivity contribution in [2.24, 2.45) is 5.73 Å². The van der Waals surface area contributed by atoms with Crippen LogP contribution in [0.15, 0.2) is 0 Å². The minimum atomic E-state index is -1.39. The summed E-state index contributed by atoms with van der Waals surface area (Å²) < 4.78 is 10.8. The number of rotatable bonds is 13. The minimum absolute atomic E-state index is 0.504. The standard InChI is InChI=1S/C18H38N4O4/c1-6-9-12-20-16(23)25-15(4)22(14-11-8-3)18(5,19)26-17(24)21-13-10-7-2/h15H,6-14,19H2,1-5H3,(H,20,23)(H,21,24). The summed E-state index contributed by atoms with van der Waals surface area (Å²) in [6, 6.07) is 0. The maximum atomic E-state index is 12.0. The van der Waals surface area contributed by atoms with Crippen molar-refractivity contribution in [3.63, 3.8) is 0 Å². The van der Waals surface area contributed by atoms with E-state index in [9.17, 15) is 9.59 Å². The number of ether oxygens (including phenoxy) is 2. The number of nitrogens with zero attached hydrogens (tertiary/aromatic N) is 1. The second-order valence-corrected chi connectivity index (χ2v) is 6.56. The predicted octanol–water partition coefficient (Wildman–Crippen LogP) is 3.12. The van der Waals surface area contributed by atoms with Gasteiger partial charge in [-0.3, -0.25) is 5.73 Å². The van der Waals surface area contributed by atoms with Crippen LogP contribution in [0.4, 0.5) is 9.59 Å². The maximum Gasteiger partial charge on any atom is 0.409 e. The van der Waals surface area contributed by atoms with E-state index in [1.807, 2.05) is 20.8 Å². The van der Waals surface area contributed by atoms with Crippen LogP contribution in [0.25, 0.3) is 0 Å².